The second-order valence-electron chi connectivity index (χ2n) is 9.42. The first-order valence-corrected chi connectivity index (χ1v) is 12.5. The highest BCUT2D eigenvalue weighted by Crippen LogP contribution is 2.35. The predicted octanol–water partition coefficient (Wildman–Crippen LogP) is 5.24. The molecule has 2 N–H and O–H groups in total. The first-order valence-electron chi connectivity index (χ1n) is 12.5. The lowest BCUT2D eigenvalue weighted by Crippen LogP contribution is -2.25. The van der Waals surface area contributed by atoms with E-state index in [1.165, 1.54) is 18.9 Å². The molecule has 3 aromatic carbocycles. The molecule has 0 spiro atoms. The largest absolute Gasteiger partial charge is 0.507 e. The van der Waals surface area contributed by atoms with Crippen LogP contribution in [0.3, 0.4) is 0 Å². The SMILES string of the molecule is Cc1ccccc1-c1c(Cc2ccc(OCCN3CCCC3)cc2)c2ccc(O)c(C(=O)O)c2oc1=O. The number of ether oxygens (including phenoxy) is 1. The van der Waals surface area contributed by atoms with Gasteiger partial charge in [-0.1, -0.05) is 36.4 Å². The van der Waals surface area contributed by atoms with Gasteiger partial charge in [0.15, 0.2) is 5.58 Å². The molecule has 0 bridgehead atoms. The van der Waals surface area contributed by atoms with Crippen LogP contribution in [0.4, 0.5) is 0 Å². The molecule has 0 saturated carbocycles. The van der Waals surface area contributed by atoms with E-state index in [0.29, 0.717) is 29.5 Å². The maximum Gasteiger partial charge on any atom is 0.344 e. The monoisotopic (exact) mass is 499 g/mol. The van der Waals surface area contributed by atoms with Crippen LogP contribution in [-0.2, 0) is 6.42 Å². The van der Waals surface area contributed by atoms with Crippen LogP contribution >= 0.6 is 0 Å². The highest BCUT2D eigenvalue weighted by molar-refractivity contribution is 6.05. The number of carboxylic acid groups (broad SMARTS) is 1. The zero-order valence-corrected chi connectivity index (χ0v) is 20.7. The third kappa shape index (κ3) is 5.08. The molecular formula is C30H29NO6. The fraction of sp³-hybridized carbons (Fsp3) is 0.267. The van der Waals surface area contributed by atoms with E-state index < -0.39 is 22.9 Å². The van der Waals surface area contributed by atoms with E-state index in [9.17, 15) is 19.8 Å². The van der Waals surface area contributed by atoms with Crippen molar-refractivity contribution < 1.29 is 24.2 Å². The minimum absolute atomic E-state index is 0.133. The van der Waals surface area contributed by atoms with Gasteiger partial charge in [0.05, 0.1) is 5.56 Å². The Morgan fingerprint density at radius 1 is 1.03 bits per heavy atom. The van der Waals surface area contributed by atoms with Crippen molar-refractivity contribution in [1.29, 1.82) is 0 Å². The summed E-state index contributed by atoms with van der Waals surface area (Å²) < 4.78 is 11.5. The zero-order valence-electron chi connectivity index (χ0n) is 20.7. The van der Waals surface area contributed by atoms with E-state index in [4.69, 9.17) is 9.15 Å². The molecule has 190 valence electrons. The first-order chi connectivity index (χ1) is 17.9. The summed E-state index contributed by atoms with van der Waals surface area (Å²) in [5, 5.41) is 20.4. The summed E-state index contributed by atoms with van der Waals surface area (Å²) in [4.78, 5) is 27.6. The lowest BCUT2D eigenvalue weighted by atomic mass is 9.90. The van der Waals surface area contributed by atoms with Gasteiger partial charge in [0.1, 0.15) is 23.7 Å². The first kappa shape index (κ1) is 24.6. The van der Waals surface area contributed by atoms with Crippen LogP contribution in [0.5, 0.6) is 11.5 Å². The van der Waals surface area contributed by atoms with E-state index in [1.54, 1.807) is 6.07 Å². The van der Waals surface area contributed by atoms with Crippen LogP contribution in [0.2, 0.25) is 0 Å². The number of likely N-dealkylation sites (tertiary alicyclic amines) is 1. The third-order valence-electron chi connectivity index (χ3n) is 6.97. The van der Waals surface area contributed by atoms with Gasteiger partial charge in [-0.15, -0.1) is 0 Å². The molecule has 0 amide bonds. The van der Waals surface area contributed by atoms with Crippen molar-refractivity contribution in [3.8, 4) is 22.6 Å². The summed E-state index contributed by atoms with van der Waals surface area (Å²) in [6.07, 6.45) is 2.86. The quantitative estimate of drug-likeness (QED) is 0.320. The highest BCUT2D eigenvalue weighted by Gasteiger charge is 2.24. The van der Waals surface area contributed by atoms with Crippen molar-refractivity contribution in [2.24, 2.45) is 0 Å². The smallest absolute Gasteiger partial charge is 0.344 e. The van der Waals surface area contributed by atoms with Crippen LogP contribution in [0.15, 0.2) is 69.9 Å². The molecule has 1 aliphatic heterocycles. The lowest BCUT2D eigenvalue weighted by Gasteiger charge is -2.16. The fourth-order valence-electron chi connectivity index (χ4n) is 5.04. The number of rotatable bonds is 8. The summed E-state index contributed by atoms with van der Waals surface area (Å²) in [5.41, 5.74) is 2.38. The molecule has 2 heterocycles. The van der Waals surface area contributed by atoms with E-state index >= 15 is 0 Å². The van der Waals surface area contributed by atoms with Crippen LogP contribution in [0, 0.1) is 6.92 Å². The van der Waals surface area contributed by atoms with Crippen LogP contribution in [0.1, 0.15) is 39.9 Å². The average molecular weight is 500 g/mol. The van der Waals surface area contributed by atoms with Crippen LogP contribution in [-0.4, -0.2) is 47.3 Å². The van der Waals surface area contributed by atoms with Gasteiger partial charge in [-0.25, -0.2) is 9.59 Å². The van der Waals surface area contributed by atoms with Crippen LogP contribution < -0.4 is 10.4 Å². The Hall–Kier alpha value is -4.10. The van der Waals surface area contributed by atoms with Crippen molar-refractivity contribution in [2.75, 3.05) is 26.2 Å². The molecule has 7 heteroatoms. The summed E-state index contributed by atoms with van der Waals surface area (Å²) in [5.74, 6) is -1.04. The van der Waals surface area contributed by atoms with Gasteiger partial charge in [0.2, 0.25) is 0 Å². The summed E-state index contributed by atoms with van der Waals surface area (Å²) in [7, 11) is 0. The Bertz CT molecular complexity index is 1500. The van der Waals surface area contributed by atoms with Gasteiger partial charge in [0.25, 0.3) is 0 Å². The number of benzene rings is 3. The summed E-state index contributed by atoms with van der Waals surface area (Å²) in [6.45, 7) is 5.71. The Labute approximate surface area is 214 Å². The highest BCUT2D eigenvalue weighted by atomic mass is 16.5. The predicted molar refractivity (Wildman–Crippen MR) is 142 cm³/mol. The van der Waals surface area contributed by atoms with E-state index in [0.717, 1.165) is 42.1 Å². The van der Waals surface area contributed by atoms with Gasteiger partial charge in [-0.3, -0.25) is 4.90 Å². The Morgan fingerprint density at radius 3 is 2.46 bits per heavy atom. The number of phenols is 1. The minimum Gasteiger partial charge on any atom is -0.507 e. The lowest BCUT2D eigenvalue weighted by molar-refractivity contribution is 0.0694. The normalized spacial score (nSPS) is 13.8. The standard InChI is InChI=1S/C30H29NO6/c1-19-6-2-3-7-22(19)26-24(23-12-13-25(32)27(29(33)34)28(23)37-30(26)35)18-20-8-10-21(11-9-20)36-17-16-31-14-4-5-15-31/h2-3,6-13,32H,4-5,14-18H2,1H3,(H,33,34). The second kappa shape index (κ2) is 10.5. The summed E-state index contributed by atoms with van der Waals surface area (Å²) >= 11 is 0. The molecule has 1 fully saturated rings. The van der Waals surface area contributed by atoms with Gasteiger partial charge >= 0.3 is 11.6 Å². The third-order valence-corrected chi connectivity index (χ3v) is 6.97. The number of carboxylic acids is 1. The number of hydrogen-bond acceptors (Lipinski definition) is 6. The van der Waals surface area contributed by atoms with Gasteiger partial charge in [-0.05, 0) is 85.8 Å². The Balaban J connectivity index is 1.53. The van der Waals surface area contributed by atoms with Gasteiger partial charge < -0.3 is 19.4 Å². The fourth-order valence-corrected chi connectivity index (χ4v) is 5.04. The van der Waals surface area contributed by atoms with E-state index in [-0.39, 0.29) is 5.58 Å². The number of nitrogens with zero attached hydrogens (tertiary/aromatic N) is 1. The Morgan fingerprint density at radius 2 is 1.76 bits per heavy atom. The van der Waals surface area contributed by atoms with Gasteiger partial charge in [-0.2, -0.15) is 0 Å². The second-order valence-corrected chi connectivity index (χ2v) is 9.42. The maximum absolute atomic E-state index is 13.3. The van der Waals surface area contributed by atoms with Crippen molar-refractivity contribution in [3.05, 3.63) is 93.3 Å². The topological polar surface area (TPSA) is 100 Å². The maximum atomic E-state index is 13.3. The molecule has 4 aromatic rings. The Kier molecular flexibility index (Phi) is 6.97. The molecule has 0 radical (unpaired) electrons. The molecule has 0 aliphatic carbocycles. The molecular weight excluding hydrogens is 470 g/mol. The molecule has 5 rings (SSSR count). The molecule has 1 saturated heterocycles. The van der Waals surface area contributed by atoms with Crippen molar-refractivity contribution >= 4 is 16.9 Å². The van der Waals surface area contributed by atoms with E-state index in [1.807, 2.05) is 55.5 Å². The summed E-state index contributed by atoms with van der Waals surface area (Å²) in [6, 6.07) is 18.2. The molecule has 1 aliphatic rings. The molecule has 1 aromatic heterocycles. The average Bonchev–Trinajstić information content (AvgIpc) is 3.39. The van der Waals surface area contributed by atoms with Gasteiger partial charge in [0, 0.05) is 11.9 Å². The number of fused-ring (bicyclic) bond motifs is 1. The van der Waals surface area contributed by atoms with Crippen molar-refractivity contribution in [2.45, 2.75) is 26.2 Å². The zero-order chi connectivity index (χ0) is 25.9. The minimum atomic E-state index is -1.36. The number of aromatic carboxylic acids is 1. The van der Waals surface area contributed by atoms with Crippen LogP contribution in [0.25, 0.3) is 22.1 Å². The molecule has 7 nitrogen and oxygen atoms in total. The number of aryl methyl sites for hydroxylation is 1. The van der Waals surface area contributed by atoms with Crippen molar-refractivity contribution in [1.82, 2.24) is 4.90 Å². The number of hydrogen-bond donors (Lipinski definition) is 2. The van der Waals surface area contributed by atoms with Crippen molar-refractivity contribution in [3.63, 3.8) is 0 Å². The molecule has 37 heavy (non-hydrogen) atoms. The number of carbonyl (C=O) groups is 1. The molecule has 0 unspecified atom stereocenters. The number of aromatic hydroxyl groups is 1. The molecule has 0 atom stereocenters. The van der Waals surface area contributed by atoms with E-state index in [2.05, 4.69) is 4.90 Å².